The van der Waals surface area contributed by atoms with Crippen molar-refractivity contribution in [3.8, 4) is 0 Å². The van der Waals surface area contributed by atoms with Crippen LogP contribution in [-0.4, -0.2) is 12.5 Å². The number of nitrogens with one attached hydrogen (secondary N) is 1. The Kier molecular flexibility index (Phi) is 4.22. The van der Waals surface area contributed by atoms with Crippen LogP contribution in [0.3, 0.4) is 0 Å². The zero-order valence-electron chi connectivity index (χ0n) is 8.64. The fraction of sp³-hybridized carbons (Fsp3) is 0.300. The first kappa shape index (κ1) is 13.6. The van der Waals surface area contributed by atoms with Gasteiger partial charge in [-0.15, -0.1) is 0 Å². The summed E-state index contributed by atoms with van der Waals surface area (Å²) in [6.45, 7) is 0.223. The van der Waals surface area contributed by atoms with Gasteiger partial charge in [-0.05, 0) is 18.2 Å². The summed E-state index contributed by atoms with van der Waals surface area (Å²) in [4.78, 5) is 10.5. The molecule has 0 aliphatic rings. The van der Waals surface area contributed by atoms with Gasteiger partial charge in [0.25, 0.3) is 0 Å². The van der Waals surface area contributed by atoms with Crippen molar-refractivity contribution in [1.82, 2.24) is 0 Å². The number of nitrogens with two attached hydrogens (primary N) is 1. The number of hydrogen-bond donors (Lipinski definition) is 2. The Hall–Kier alpha value is -1.43. The SMILES string of the molecule is NC(=O)CCNc1ccc(C(F)(F)F)cc1Cl. The highest BCUT2D eigenvalue weighted by molar-refractivity contribution is 6.33. The molecule has 94 valence electrons. The number of anilines is 1. The average Bonchev–Trinajstić information content (AvgIpc) is 2.18. The number of rotatable bonds is 4. The molecule has 1 aromatic carbocycles. The van der Waals surface area contributed by atoms with Crippen LogP contribution in [0.15, 0.2) is 18.2 Å². The van der Waals surface area contributed by atoms with E-state index in [0.29, 0.717) is 5.69 Å². The van der Waals surface area contributed by atoms with Gasteiger partial charge < -0.3 is 11.1 Å². The zero-order valence-corrected chi connectivity index (χ0v) is 9.40. The first-order chi connectivity index (χ1) is 7.80. The lowest BCUT2D eigenvalue weighted by atomic mass is 10.2. The fourth-order valence-electron chi connectivity index (χ4n) is 1.16. The van der Waals surface area contributed by atoms with Crippen molar-refractivity contribution in [1.29, 1.82) is 0 Å². The number of hydrogen-bond acceptors (Lipinski definition) is 2. The van der Waals surface area contributed by atoms with Gasteiger partial charge >= 0.3 is 6.18 Å². The second-order valence-electron chi connectivity index (χ2n) is 3.34. The van der Waals surface area contributed by atoms with E-state index in [9.17, 15) is 18.0 Å². The van der Waals surface area contributed by atoms with Gasteiger partial charge in [-0.25, -0.2) is 0 Å². The number of carbonyl (C=O) groups excluding carboxylic acids is 1. The smallest absolute Gasteiger partial charge is 0.383 e. The van der Waals surface area contributed by atoms with E-state index in [0.717, 1.165) is 12.1 Å². The molecule has 0 aromatic heterocycles. The van der Waals surface area contributed by atoms with Crippen molar-refractivity contribution in [3.63, 3.8) is 0 Å². The summed E-state index contributed by atoms with van der Waals surface area (Å²) in [5, 5.41) is 2.67. The van der Waals surface area contributed by atoms with E-state index < -0.39 is 17.6 Å². The van der Waals surface area contributed by atoms with Gasteiger partial charge in [0.15, 0.2) is 0 Å². The monoisotopic (exact) mass is 266 g/mol. The number of alkyl halides is 3. The Bertz CT molecular complexity index is 421. The molecule has 0 unspecified atom stereocenters. The number of primary amides is 1. The summed E-state index contributed by atoms with van der Waals surface area (Å²) in [5.74, 6) is -0.500. The molecule has 1 amide bonds. The van der Waals surface area contributed by atoms with E-state index >= 15 is 0 Å². The van der Waals surface area contributed by atoms with E-state index in [4.69, 9.17) is 17.3 Å². The molecule has 0 heterocycles. The zero-order chi connectivity index (χ0) is 13.1. The predicted molar refractivity (Wildman–Crippen MR) is 58.8 cm³/mol. The van der Waals surface area contributed by atoms with Crippen LogP contribution in [0.25, 0.3) is 0 Å². The van der Waals surface area contributed by atoms with Gasteiger partial charge in [0.1, 0.15) is 0 Å². The third kappa shape index (κ3) is 4.14. The molecule has 1 aromatic rings. The van der Waals surface area contributed by atoms with Crippen molar-refractivity contribution in [2.24, 2.45) is 5.73 Å². The number of amides is 1. The molecule has 0 bridgehead atoms. The van der Waals surface area contributed by atoms with Crippen LogP contribution in [0, 0.1) is 0 Å². The van der Waals surface area contributed by atoms with Gasteiger partial charge in [-0.3, -0.25) is 4.79 Å². The van der Waals surface area contributed by atoms with Crippen LogP contribution in [0.5, 0.6) is 0 Å². The van der Waals surface area contributed by atoms with Crippen molar-refractivity contribution in [2.45, 2.75) is 12.6 Å². The van der Waals surface area contributed by atoms with Crippen LogP contribution in [0.4, 0.5) is 18.9 Å². The van der Waals surface area contributed by atoms with Gasteiger partial charge in [0, 0.05) is 13.0 Å². The summed E-state index contributed by atoms with van der Waals surface area (Å²) in [6.07, 6.45) is -4.34. The Morgan fingerprint density at radius 1 is 1.41 bits per heavy atom. The third-order valence-corrected chi connectivity index (χ3v) is 2.30. The Labute approximate surface area is 101 Å². The van der Waals surface area contributed by atoms with E-state index in [1.807, 2.05) is 0 Å². The number of benzene rings is 1. The van der Waals surface area contributed by atoms with Gasteiger partial charge in [-0.1, -0.05) is 11.6 Å². The summed E-state index contributed by atoms with van der Waals surface area (Å²) in [7, 11) is 0. The van der Waals surface area contributed by atoms with E-state index in [-0.39, 0.29) is 18.0 Å². The molecule has 0 aliphatic carbocycles. The maximum absolute atomic E-state index is 12.3. The quantitative estimate of drug-likeness (QED) is 0.880. The van der Waals surface area contributed by atoms with Crippen molar-refractivity contribution in [2.75, 3.05) is 11.9 Å². The highest BCUT2D eigenvalue weighted by atomic mass is 35.5. The molecule has 0 atom stereocenters. The van der Waals surface area contributed by atoms with Crippen molar-refractivity contribution < 1.29 is 18.0 Å². The second-order valence-corrected chi connectivity index (χ2v) is 3.74. The molecule has 0 aliphatic heterocycles. The summed E-state index contributed by atoms with van der Waals surface area (Å²) in [6, 6.07) is 2.96. The summed E-state index contributed by atoms with van der Waals surface area (Å²) < 4.78 is 37.0. The van der Waals surface area contributed by atoms with Crippen LogP contribution in [0.2, 0.25) is 5.02 Å². The largest absolute Gasteiger partial charge is 0.416 e. The molecule has 17 heavy (non-hydrogen) atoms. The van der Waals surface area contributed by atoms with Crippen LogP contribution in [-0.2, 0) is 11.0 Å². The molecule has 0 radical (unpaired) electrons. The van der Waals surface area contributed by atoms with Crippen molar-refractivity contribution >= 4 is 23.2 Å². The molecule has 3 nitrogen and oxygen atoms in total. The highest BCUT2D eigenvalue weighted by Gasteiger charge is 2.30. The Morgan fingerprint density at radius 2 is 2.06 bits per heavy atom. The lowest BCUT2D eigenvalue weighted by Crippen LogP contribution is -2.16. The molecule has 0 fully saturated rings. The molecule has 7 heteroatoms. The van der Waals surface area contributed by atoms with Crippen LogP contribution < -0.4 is 11.1 Å². The topological polar surface area (TPSA) is 55.1 Å². The minimum absolute atomic E-state index is 0.0516. The minimum Gasteiger partial charge on any atom is -0.383 e. The number of halogens is 4. The first-order valence-electron chi connectivity index (χ1n) is 4.69. The van der Waals surface area contributed by atoms with Crippen LogP contribution in [0.1, 0.15) is 12.0 Å². The maximum Gasteiger partial charge on any atom is 0.416 e. The average molecular weight is 267 g/mol. The van der Waals surface area contributed by atoms with E-state index in [1.54, 1.807) is 0 Å². The second kappa shape index (κ2) is 5.27. The Morgan fingerprint density at radius 3 is 2.53 bits per heavy atom. The predicted octanol–water partition coefficient (Wildman–Crippen LogP) is 2.65. The van der Waals surface area contributed by atoms with Gasteiger partial charge in [0.05, 0.1) is 16.3 Å². The summed E-state index contributed by atoms with van der Waals surface area (Å²) >= 11 is 5.67. The normalized spacial score (nSPS) is 11.3. The number of carbonyl (C=O) groups is 1. The maximum atomic E-state index is 12.3. The first-order valence-corrected chi connectivity index (χ1v) is 5.07. The molecule has 0 saturated carbocycles. The van der Waals surface area contributed by atoms with Crippen LogP contribution >= 0.6 is 11.6 Å². The van der Waals surface area contributed by atoms with E-state index in [2.05, 4.69) is 5.32 Å². The van der Waals surface area contributed by atoms with Gasteiger partial charge in [0.2, 0.25) is 5.91 Å². The Balaban J connectivity index is 2.73. The van der Waals surface area contributed by atoms with E-state index in [1.165, 1.54) is 6.07 Å². The standard InChI is InChI=1S/C10H10ClF3N2O/c11-7-5-6(10(12,13)14)1-2-8(7)16-4-3-9(15)17/h1-2,5,16H,3-4H2,(H2,15,17). The molecule has 1 rings (SSSR count). The summed E-state index contributed by atoms with van der Waals surface area (Å²) in [5.41, 5.74) is 4.43. The van der Waals surface area contributed by atoms with Gasteiger partial charge in [-0.2, -0.15) is 13.2 Å². The molecular formula is C10H10ClF3N2O. The highest BCUT2D eigenvalue weighted by Crippen LogP contribution is 2.33. The molecule has 3 N–H and O–H groups in total. The lowest BCUT2D eigenvalue weighted by molar-refractivity contribution is -0.137. The molecular weight excluding hydrogens is 257 g/mol. The fourth-order valence-corrected chi connectivity index (χ4v) is 1.40. The lowest BCUT2D eigenvalue weighted by Gasteiger charge is -2.11. The van der Waals surface area contributed by atoms with Crippen molar-refractivity contribution in [3.05, 3.63) is 28.8 Å². The molecule has 0 saturated heterocycles. The minimum atomic E-state index is -4.42. The molecule has 0 spiro atoms. The third-order valence-electron chi connectivity index (χ3n) is 1.98.